The van der Waals surface area contributed by atoms with Gasteiger partial charge in [0.15, 0.2) is 0 Å². The van der Waals surface area contributed by atoms with Crippen LogP contribution in [0.25, 0.3) is 17.3 Å². The molecule has 0 atom stereocenters. The van der Waals surface area contributed by atoms with Gasteiger partial charge in [0.25, 0.3) is 0 Å². The van der Waals surface area contributed by atoms with Gasteiger partial charge in [-0.3, -0.25) is 9.89 Å². The van der Waals surface area contributed by atoms with Crippen LogP contribution in [0.4, 0.5) is 0 Å². The van der Waals surface area contributed by atoms with Crippen LogP contribution >= 0.6 is 0 Å². The van der Waals surface area contributed by atoms with Crippen LogP contribution in [0.3, 0.4) is 0 Å². The standard InChI is InChI=1S/C18H12N2O3S/c21-18-14-8-4-5-9-15(14)24(22,23)16(18)10-13-11-19-20-17(13)12-6-2-1-3-7-12/h1-11H,(H,19,20)/b16-10+. The molecule has 1 aliphatic rings. The van der Waals surface area contributed by atoms with E-state index in [0.29, 0.717) is 11.3 Å². The van der Waals surface area contributed by atoms with Crippen molar-refractivity contribution in [3.8, 4) is 11.3 Å². The number of H-pyrrole nitrogens is 1. The summed E-state index contributed by atoms with van der Waals surface area (Å²) in [5.41, 5.74) is 2.30. The molecule has 6 heteroatoms. The molecule has 0 saturated heterocycles. The monoisotopic (exact) mass is 336 g/mol. The average Bonchev–Trinajstić information content (AvgIpc) is 3.14. The predicted octanol–water partition coefficient (Wildman–Crippen LogP) is 3.09. The van der Waals surface area contributed by atoms with Crippen molar-refractivity contribution in [2.24, 2.45) is 0 Å². The summed E-state index contributed by atoms with van der Waals surface area (Å²) in [5, 5.41) is 6.85. The minimum Gasteiger partial charge on any atom is -0.288 e. The van der Waals surface area contributed by atoms with Crippen LogP contribution in [0.1, 0.15) is 15.9 Å². The number of hydrogen-bond donors (Lipinski definition) is 1. The average molecular weight is 336 g/mol. The molecule has 0 amide bonds. The first-order valence-electron chi connectivity index (χ1n) is 7.28. The van der Waals surface area contributed by atoms with Crippen LogP contribution in [0, 0.1) is 0 Å². The molecule has 0 bridgehead atoms. The zero-order valence-electron chi connectivity index (χ0n) is 12.4. The molecule has 0 radical (unpaired) electrons. The molecule has 24 heavy (non-hydrogen) atoms. The quantitative estimate of drug-likeness (QED) is 0.729. The van der Waals surface area contributed by atoms with E-state index in [4.69, 9.17) is 0 Å². The molecule has 1 aliphatic heterocycles. The van der Waals surface area contributed by atoms with Crippen LogP contribution in [0.15, 0.2) is 70.6 Å². The highest BCUT2D eigenvalue weighted by atomic mass is 32.2. The first-order chi connectivity index (χ1) is 11.6. The number of ketones is 1. The van der Waals surface area contributed by atoms with Crippen LogP contribution in [-0.4, -0.2) is 24.4 Å². The Hall–Kier alpha value is -2.99. The van der Waals surface area contributed by atoms with Crippen LogP contribution in [-0.2, 0) is 9.84 Å². The van der Waals surface area contributed by atoms with Crippen molar-refractivity contribution in [2.75, 3.05) is 0 Å². The minimum absolute atomic E-state index is 0.0611. The second kappa shape index (κ2) is 5.28. The van der Waals surface area contributed by atoms with E-state index in [1.165, 1.54) is 24.4 Å². The highest BCUT2D eigenvalue weighted by Gasteiger charge is 2.38. The normalized spacial score (nSPS) is 17.2. The van der Waals surface area contributed by atoms with Crippen molar-refractivity contribution in [1.29, 1.82) is 0 Å². The van der Waals surface area contributed by atoms with Crippen LogP contribution < -0.4 is 0 Å². The van der Waals surface area contributed by atoms with Gasteiger partial charge in [-0.15, -0.1) is 0 Å². The molecule has 0 spiro atoms. The lowest BCUT2D eigenvalue weighted by Crippen LogP contribution is -2.02. The fourth-order valence-corrected chi connectivity index (χ4v) is 4.37. The number of aromatic nitrogens is 2. The number of carbonyl (C=O) groups excluding carboxylic acids is 1. The molecule has 1 aromatic heterocycles. The number of hydrogen-bond acceptors (Lipinski definition) is 4. The van der Waals surface area contributed by atoms with Crippen LogP contribution in [0.2, 0.25) is 0 Å². The van der Waals surface area contributed by atoms with E-state index in [2.05, 4.69) is 10.2 Å². The first-order valence-corrected chi connectivity index (χ1v) is 8.76. The number of Topliss-reactive ketones (excluding diaryl/α,β-unsaturated/α-hetero) is 1. The van der Waals surface area contributed by atoms with Crippen LogP contribution in [0.5, 0.6) is 0 Å². The molecule has 2 aromatic carbocycles. The van der Waals surface area contributed by atoms with Gasteiger partial charge in [0.2, 0.25) is 15.6 Å². The zero-order chi connectivity index (χ0) is 16.7. The Kier molecular flexibility index (Phi) is 3.21. The number of rotatable bonds is 2. The molecule has 4 rings (SSSR count). The fourth-order valence-electron chi connectivity index (χ4n) is 2.79. The van der Waals surface area contributed by atoms with E-state index >= 15 is 0 Å². The van der Waals surface area contributed by atoms with E-state index in [-0.39, 0.29) is 15.4 Å². The Morgan fingerprint density at radius 1 is 0.958 bits per heavy atom. The lowest BCUT2D eigenvalue weighted by Gasteiger charge is -2.01. The SMILES string of the molecule is O=C1/C(=C\c2cn[nH]c2-c2ccccc2)S(=O)(=O)c2ccccc21. The van der Waals surface area contributed by atoms with E-state index in [0.717, 1.165) is 5.56 Å². The number of sulfone groups is 1. The number of benzene rings is 2. The topological polar surface area (TPSA) is 79.9 Å². The lowest BCUT2D eigenvalue weighted by atomic mass is 10.1. The van der Waals surface area contributed by atoms with Crippen molar-refractivity contribution in [3.63, 3.8) is 0 Å². The summed E-state index contributed by atoms with van der Waals surface area (Å²) in [6.07, 6.45) is 2.91. The molecular formula is C18H12N2O3S. The molecule has 1 N–H and O–H groups in total. The fraction of sp³-hybridized carbons (Fsp3) is 0. The predicted molar refractivity (Wildman–Crippen MR) is 90.0 cm³/mol. The second-order valence-electron chi connectivity index (χ2n) is 5.40. The highest BCUT2D eigenvalue weighted by Crippen LogP contribution is 2.36. The highest BCUT2D eigenvalue weighted by molar-refractivity contribution is 7.97. The van der Waals surface area contributed by atoms with Gasteiger partial charge in [-0.25, -0.2) is 8.42 Å². The molecule has 5 nitrogen and oxygen atoms in total. The van der Waals surface area contributed by atoms with Crippen molar-refractivity contribution >= 4 is 21.7 Å². The van der Waals surface area contributed by atoms with Crippen molar-refractivity contribution in [2.45, 2.75) is 4.90 Å². The third-order valence-corrected chi connectivity index (χ3v) is 5.77. The first kappa shape index (κ1) is 14.6. The molecule has 2 heterocycles. The molecule has 0 saturated carbocycles. The van der Waals surface area contributed by atoms with E-state index in [1.807, 2.05) is 30.3 Å². The molecular weight excluding hydrogens is 324 g/mol. The summed E-state index contributed by atoms with van der Waals surface area (Å²) in [4.78, 5) is 12.3. The zero-order valence-corrected chi connectivity index (χ0v) is 13.2. The Labute approximate surface area is 138 Å². The third kappa shape index (κ3) is 2.11. The summed E-state index contributed by atoms with van der Waals surface area (Å²) >= 11 is 0. The Balaban J connectivity index is 1.88. The van der Waals surface area contributed by atoms with Gasteiger partial charge < -0.3 is 0 Å². The number of carbonyl (C=O) groups is 1. The van der Waals surface area contributed by atoms with Crippen molar-refractivity contribution in [3.05, 3.63) is 76.8 Å². The number of nitrogens with zero attached hydrogens (tertiary/aromatic N) is 1. The molecule has 0 aliphatic carbocycles. The maximum Gasteiger partial charge on any atom is 0.211 e. The Morgan fingerprint density at radius 2 is 1.67 bits per heavy atom. The van der Waals surface area contributed by atoms with Gasteiger partial charge >= 0.3 is 0 Å². The van der Waals surface area contributed by atoms with Gasteiger partial charge in [-0.1, -0.05) is 42.5 Å². The number of aromatic amines is 1. The van der Waals surface area contributed by atoms with Gasteiger partial charge in [0, 0.05) is 16.7 Å². The molecule has 118 valence electrons. The largest absolute Gasteiger partial charge is 0.288 e. The summed E-state index contributed by atoms with van der Waals surface area (Å²) in [6.45, 7) is 0. The molecule has 3 aromatic rings. The third-order valence-electron chi connectivity index (χ3n) is 3.95. The number of allylic oxidation sites excluding steroid dienone is 1. The number of fused-ring (bicyclic) bond motifs is 1. The van der Waals surface area contributed by atoms with Gasteiger partial charge in [-0.05, 0) is 18.2 Å². The summed E-state index contributed by atoms with van der Waals surface area (Å²) < 4.78 is 25.3. The number of nitrogens with one attached hydrogen (secondary N) is 1. The van der Waals surface area contributed by atoms with Crippen molar-refractivity contribution in [1.82, 2.24) is 10.2 Å². The summed E-state index contributed by atoms with van der Waals surface area (Å²) in [5.74, 6) is -0.481. The molecule has 0 unspecified atom stereocenters. The summed E-state index contributed by atoms with van der Waals surface area (Å²) in [7, 11) is -3.80. The van der Waals surface area contributed by atoms with Gasteiger partial charge in [-0.2, -0.15) is 5.10 Å². The lowest BCUT2D eigenvalue weighted by molar-refractivity contribution is 0.104. The summed E-state index contributed by atoms with van der Waals surface area (Å²) in [6, 6.07) is 15.7. The second-order valence-corrected chi connectivity index (χ2v) is 7.29. The van der Waals surface area contributed by atoms with Gasteiger partial charge in [0.05, 0.1) is 16.8 Å². The maximum atomic E-state index is 12.6. The maximum absolute atomic E-state index is 12.6. The minimum atomic E-state index is -3.80. The smallest absolute Gasteiger partial charge is 0.211 e. The van der Waals surface area contributed by atoms with E-state index in [1.54, 1.807) is 12.1 Å². The van der Waals surface area contributed by atoms with Gasteiger partial charge in [0.1, 0.15) is 4.91 Å². The van der Waals surface area contributed by atoms with E-state index < -0.39 is 15.6 Å². The van der Waals surface area contributed by atoms with E-state index in [9.17, 15) is 13.2 Å². The Morgan fingerprint density at radius 3 is 2.42 bits per heavy atom. The molecule has 0 fully saturated rings. The Bertz CT molecular complexity index is 1080. The van der Waals surface area contributed by atoms with Crippen molar-refractivity contribution < 1.29 is 13.2 Å².